The third kappa shape index (κ3) is 2.53. The second-order valence-corrected chi connectivity index (χ2v) is 4.20. The lowest BCUT2D eigenvalue weighted by Gasteiger charge is -2.17. The monoisotopic (exact) mass is 206 g/mol. The largest absolute Gasteiger partial charge is 0.496 e. The molecule has 1 heteroatoms. The van der Waals surface area contributed by atoms with Crippen LogP contribution in [0.3, 0.4) is 0 Å². The molecule has 0 bridgehead atoms. The quantitative estimate of drug-likeness (QED) is 0.717. The molecule has 0 aliphatic heterocycles. The van der Waals surface area contributed by atoms with E-state index in [1.54, 1.807) is 7.11 Å². The molecule has 0 saturated heterocycles. The van der Waals surface area contributed by atoms with E-state index in [-0.39, 0.29) is 0 Å². The lowest BCUT2D eigenvalue weighted by atomic mass is 9.91. The van der Waals surface area contributed by atoms with Gasteiger partial charge in [0.1, 0.15) is 5.75 Å². The standard InChI is InChI=1S/C14H22O/c1-6-12(7-2)13-8-10(3)14(15-5)11(4)9-13/h8-9,12H,6-7H2,1-5H3. The van der Waals surface area contributed by atoms with Gasteiger partial charge in [-0.05, 0) is 49.3 Å². The molecule has 0 fully saturated rings. The molecule has 0 aromatic heterocycles. The maximum Gasteiger partial charge on any atom is 0.124 e. The first-order valence-corrected chi connectivity index (χ1v) is 5.79. The van der Waals surface area contributed by atoms with Crippen molar-refractivity contribution < 1.29 is 4.74 Å². The highest BCUT2D eigenvalue weighted by atomic mass is 16.5. The number of hydrogen-bond acceptors (Lipinski definition) is 1. The van der Waals surface area contributed by atoms with Gasteiger partial charge in [0, 0.05) is 0 Å². The van der Waals surface area contributed by atoms with Gasteiger partial charge in [0.2, 0.25) is 0 Å². The van der Waals surface area contributed by atoms with E-state index in [0.717, 1.165) is 5.75 Å². The topological polar surface area (TPSA) is 9.23 Å². The summed E-state index contributed by atoms with van der Waals surface area (Å²) in [5, 5.41) is 0. The first-order valence-electron chi connectivity index (χ1n) is 5.79. The van der Waals surface area contributed by atoms with Gasteiger partial charge in [0.05, 0.1) is 7.11 Å². The van der Waals surface area contributed by atoms with Crippen molar-refractivity contribution in [1.29, 1.82) is 0 Å². The van der Waals surface area contributed by atoms with Crippen LogP contribution in [0.1, 0.15) is 49.3 Å². The van der Waals surface area contributed by atoms with E-state index in [4.69, 9.17) is 4.74 Å². The zero-order chi connectivity index (χ0) is 11.4. The van der Waals surface area contributed by atoms with Crippen molar-refractivity contribution in [3.63, 3.8) is 0 Å². The molecule has 1 aromatic rings. The maximum atomic E-state index is 5.38. The van der Waals surface area contributed by atoms with Gasteiger partial charge in [-0.1, -0.05) is 26.0 Å². The number of methoxy groups -OCH3 is 1. The normalized spacial score (nSPS) is 10.8. The Balaban J connectivity index is 3.12. The first-order chi connectivity index (χ1) is 7.13. The highest BCUT2D eigenvalue weighted by Gasteiger charge is 2.11. The zero-order valence-corrected chi connectivity index (χ0v) is 10.6. The smallest absolute Gasteiger partial charge is 0.124 e. The van der Waals surface area contributed by atoms with Gasteiger partial charge in [-0.25, -0.2) is 0 Å². The Bertz CT molecular complexity index is 301. The van der Waals surface area contributed by atoms with Crippen molar-refractivity contribution in [3.8, 4) is 5.75 Å². The predicted octanol–water partition coefficient (Wildman–Crippen LogP) is 4.22. The van der Waals surface area contributed by atoms with E-state index in [0.29, 0.717) is 5.92 Å². The number of hydrogen-bond donors (Lipinski definition) is 0. The Labute approximate surface area is 93.5 Å². The summed E-state index contributed by atoms with van der Waals surface area (Å²) < 4.78 is 5.38. The summed E-state index contributed by atoms with van der Waals surface area (Å²) in [4.78, 5) is 0. The molecule has 1 rings (SSSR count). The van der Waals surface area contributed by atoms with Crippen LogP contribution in [0.4, 0.5) is 0 Å². The number of aryl methyl sites for hydroxylation is 2. The van der Waals surface area contributed by atoms with Crippen molar-refractivity contribution in [1.82, 2.24) is 0 Å². The van der Waals surface area contributed by atoms with Gasteiger partial charge >= 0.3 is 0 Å². The molecular weight excluding hydrogens is 184 g/mol. The van der Waals surface area contributed by atoms with E-state index in [1.165, 1.54) is 29.5 Å². The van der Waals surface area contributed by atoms with Crippen LogP contribution in [0.15, 0.2) is 12.1 Å². The van der Waals surface area contributed by atoms with Crippen LogP contribution in [0, 0.1) is 13.8 Å². The summed E-state index contributed by atoms with van der Waals surface area (Å²) in [6, 6.07) is 4.53. The van der Waals surface area contributed by atoms with E-state index < -0.39 is 0 Å². The van der Waals surface area contributed by atoms with Crippen molar-refractivity contribution in [2.75, 3.05) is 7.11 Å². The Morgan fingerprint density at radius 2 is 1.53 bits per heavy atom. The van der Waals surface area contributed by atoms with Gasteiger partial charge in [-0.15, -0.1) is 0 Å². The lowest BCUT2D eigenvalue weighted by molar-refractivity contribution is 0.408. The molecule has 0 saturated carbocycles. The summed E-state index contributed by atoms with van der Waals surface area (Å²) in [6.45, 7) is 8.75. The van der Waals surface area contributed by atoms with Crippen LogP contribution in [-0.4, -0.2) is 7.11 Å². The average Bonchev–Trinajstić information content (AvgIpc) is 2.19. The van der Waals surface area contributed by atoms with E-state index in [1.807, 2.05) is 0 Å². The summed E-state index contributed by atoms with van der Waals surface area (Å²) in [5.41, 5.74) is 3.95. The Hall–Kier alpha value is -0.980. The van der Waals surface area contributed by atoms with Gasteiger partial charge in [0.15, 0.2) is 0 Å². The van der Waals surface area contributed by atoms with Gasteiger partial charge in [-0.2, -0.15) is 0 Å². The van der Waals surface area contributed by atoms with Crippen molar-refractivity contribution in [2.45, 2.75) is 46.5 Å². The van der Waals surface area contributed by atoms with Crippen LogP contribution >= 0.6 is 0 Å². The second kappa shape index (κ2) is 5.20. The number of benzene rings is 1. The first kappa shape index (κ1) is 12.1. The lowest BCUT2D eigenvalue weighted by Crippen LogP contribution is -1.99. The van der Waals surface area contributed by atoms with E-state index in [9.17, 15) is 0 Å². The zero-order valence-electron chi connectivity index (χ0n) is 10.6. The van der Waals surface area contributed by atoms with Crippen LogP contribution in [-0.2, 0) is 0 Å². The molecule has 84 valence electrons. The van der Waals surface area contributed by atoms with Gasteiger partial charge in [0.25, 0.3) is 0 Å². The molecule has 0 aliphatic rings. The van der Waals surface area contributed by atoms with Crippen molar-refractivity contribution in [3.05, 3.63) is 28.8 Å². The Morgan fingerprint density at radius 1 is 1.07 bits per heavy atom. The molecule has 0 unspecified atom stereocenters. The molecule has 0 spiro atoms. The molecule has 0 amide bonds. The fraction of sp³-hybridized carbons (Fsp3) is 0.571. The van der Waals surface area contributed by atoms with Crippen LogP contribution < -0.4 is 4.74 Å². The number of rotatable bonds is 4. The SMILES string of the molecule is CCC(CC)c1cc(C)c(OC)c(C)c1. The molecule has 15 heavy (non-hydrogen) atoms. The summed E-state index contributed by atoms with van der Waals surface area (Å²) in [7, 11) is 1.74. The molecule has 0 N–H and O–H groups in total. The highest BCUT2D eigenvalue weighted by Crippen LogP contribution is 2.30. The van der Waals surface area contributed by atoms with Crippen LogP contribution in [0.5, 0.6) is 5.75 Å². The Morgan fingerprint density at radius 3 is 1.87 bits per heavy atom. The minimum atomic E-state index is 0.688. The fourth-order valence-corrected chi connectivity index (χ4v) is 2.30. The van der Waals surface area contributed by atoms with E-state index >= 15 is 0 Å². The third-order valence-electron chi connectivity index (χ3n) is 3.14. The van der Waals surface area contributed by atoms with Gasteiger partial charge in [-0.3, -0.25) is 0 Å². The van der Waals surface area contributed by atoms with Gasteiger partial charge < -0.3 is 4.74 Å². The summed E-state index contributed by atoms with van der Waals surface area (Å²) in [5.74, 6) is 1.72. The average molecular weight is 206 g/mol. The molecular formula is C14H22O. The van der Waals surface area contributed by atoms with Crippen molar-refractivity contribution >= 4 is 0 Å². The Kier molecular flexibility index (Phi) is 4.19. The van der Waals surface area contributed by atoms with E-state index in [2.05, 4.69) is 39.8 Å². The van der Waals surface area contributed by atoms with Crippen molar-refractivity contribution in [2.24, 2.45) is 0 Å². The number of ether oxygens (including phenoxy) is 1. The molecule has 0 heterocycles. The minimum absolute atomic E-state index is 0.688. The molecule has 0 radical (unpaired) electrons. The summed E-state index contributed by atoms with van der Waals surface area (Å²) in [6.07, 6.45) is 2.42. The molecule has 0 aliphatic carbocycles. The minimum Gasteiger partial charge on any atom is -0.496 e. The van der Waals surface area contributed by atoms with Crippen LogP contribution in [0.2, 0.25) is 0 Å². The fourth-order valence-electron chi connectivity index (χ4n) is 2.30. The molecule has 1 aromatic carbocycles. The molecule has 0 atom stereocenters. The molecule has 1 nitrogen and oxygen atoms in total. The third-order valence-corrected chi connectivity index (χ3v) is 3.14. The van der Waals surface area contributed by atoms with Crippen LogP contribution in [0.25, 0.3) is 0 Å². The predicted molar refractivity (Wildman–Crippen MR) is 65.8 cm³/mol. The maximum absolute atomic E-state index is 5.38. The highest BCUT2D eigenvalue weighted by molar-refractivity contribution is 5.44. The second-order valence-electron chi connectivity index (χ2n) is 4.20. The summed E-state index contributed by atoms with van der Waals surface area (Å²) >= 11 is 0.